The molecule has 1 atom stereocenters. The summed E-state index contributed by atoms with van der Waals surface area (Å²) in [6, 6.07) is 0. The zero-order chi connectivity index (χ0) is 8.48. The van der Waals surface area contributed by atoms with Crippen molar-refractivity contribution >= 4 is 0 Å². The van der Waals surface area contributed by atoms with E-state index in [-0.39, 0.29) is 5.54 Å². The van der Waals surface area contributed by atoms with Gasteiger partial charge >= 0.3 is 0 Å². The van der Waals surface area contributed by atoms with Crippen LogP contribution in [0.4, 0.5) is 0 Å². The minimum atomic E-state index is -0.112. The van der Waals surface area contributed by atoms with Gasteiger partial charge in [0.1, 0.15) is 0 Å². The van der Waals surface area contributed by atoms with Gasteiger partial charge in [-0.2, -0.15) is 0 Å². The fraction of sp³-hybridized carbons (Fsp3) is 0.600. The Morgan fingerprint density at radius 1 is 1.73 bits per heavy atom. The topological polar surface area (TPSA) is 26.0 Å². The van der Waals surface area contributed by atoms with Gasteiger partial charge in [0.25, 0.3) is 0 Å². The molecular weight excluding hydrogens is 134 g/mol. The van der Waals surface area contributed by atoms with Gasteiger partial charge in [0.15, 0.2) is 0 Å². The first kappa shape index (κ1) is 8.54. The Morgan fingerprint density at radius 2 is 2.36 bits per heavy atom. The van der Waals surface area contributed by atoms with Crippen molar-refractivity contribution in [3.05, 3.63) is 23.8 Å². The zero-order valence-corrected chi connectivity index (χ0v) is 7.48. The van der Waals surface area contributed by atoms with Crippen molar-refractivity contribution < 1.29 is 0 Å². The molecular formula is C10H17N. The second kappa shape index (κ2) is 2.82. The van der Waals surface area contributed by atoms with Crippen LogP contribution in [0.3, 0.4) is 0 Å². The van der Waals surface area contributed by atoms with Crippen LogP contribution in [0.15, 0.2) is 23.8 Å². The predicted molar refractivity (Wildman–Crippen MR) is 49.3 cm³/mol. The Hall–Kier alpha value is -0.560. The van der Waals surface area contributed by atoms with Crippen molar-refractivity contribution in [3.8, 4) is 0 Å². The molecule has 0 bridgehead atoms. The van der Waals surface area contributed by atoms with Gasteiger partial charge in [0, 0.05) is 5.54 Å². The highest BCUT2D eigenvalue weighted by molar-refractivity contribution is 5.21. The van der Waals surface area contributed by atoms with Gasteiger partial charge in [0.2, 0.25) is 0 Å². The van der Waals surface area contributed by atoms with Gasteiger partial charge < -0.3 is 5.73 Å². The number of hydrogen-bond acceptors (Lipinski definition) is 1. The van der Waals surface area contributed by atoms with Crippen molar-refractivity contribution in [1.82, 2.24) is 0 Å². The summed E-state index contributed by atoms with van der Waals surface area (Å²) in [6.45, 7) is 8.11. The van der Waals surface area contributed by atoms with E-state index in [1.165, 1.54) is 5.57 Å². The molecule has 1 rings (SSSR count). The molecule has 62 valence electrons. The number of hydrogen-bond donors (Lipinski definition) is 1. The molecule has 0 fully saturated rings. The molecule has 1 aliphatic carbocycles. The summed E-state index contributed by atoms with van der Waals surface area (Å²) in [5.74, 6) is 0. The zero-order valence-electron chi connectivity index (χ0n) is 7.48. The van der Waals surface area contributed by atoms with Gasteiger partial charge in [-0.25, -0.2) is 0 Å². The molecule has 0 amide bonds. The molecule has 0 aliphatic heterocycles. The third kappa shape index (κ3) is 1.72. The van der Waals surface area contributed by atoms with Gasteiger partial charge in [-0.1, -0.05) is 23.8 Å². The Labute approximate surface area is 69.0 Å². The summed E-state index contributed by atoms with van der Waals surface area (Å²) >= 11 is 0. The van der Waals surface area contributed by atoms with Gasteiger partial charge in [-0.15, -0.1) is 0 Å². The standard InChI is InChI=1S/C10H17N/c1-8(2)10(11)6-4-9(3)5-7-10/h4H,1,5-7,11H2,2-3H3. The third-order valence-electron chi connectivity index (χ3n) is 2.63. The molecule has 0 radical (unpaired) electrons. The highest BCUT2D eigenvalue weighted by atomic mass is 14.7. The van der Waals surface area contributed by atoms with Crippen molar-refractivity contribution in [1.29, 1.82) is 0 Å². The van der Waals surface area contributed by atoms with E-state index < -0.39 is 0 Å². The summed E-state index contributed by atoms with van der Waals surface area (Å²) in [5.41, 5.74) is 8.59. The quantitative estimate of drug-likeness (QED) is 0.572. The SMILES string of the molecule is C=C(C)C1(N)CC=C(C)CC1. The lowest BCUT2D eigenvalue weighted by atomic mass is 9.79. The van der Waals surface area contributed by atoms with E-state index in [9.17, 15) is 0 Å². The molecule has 0 aromatic heterocycles. The summed E-state index contributed by atoms with van der Waals surface area (Å²) in [7, 11) is 0. The van der Waals surface area contributed by atoms with Crippen LogP contribution in [0.2, 0.25) is 0 Å². The molecule has 0 aromatic carbocycles. The smallest absolute Gasteiger partial charge is 0.0401 e. The minimum absolute atomic E-state index is 0.112. The highest BCUT2D eigenvalue weighted by Crippen LogP contribution is 2.29. The average molecular weight is 151 g/mol. The molecule has 0 heterocycles. The van der Waals surface area contributed by atoms with Crippen LogP contribution >= 0.6 is 0 Å². The van der Waals surface area contributed by atoms with E-state index in [2.05, 4.69) is 19.6 Å². The fourth-order valence-electron chi connectivity index (χ4n) is 1.37. The summed E-state index contributed by atoms with van der Waals surface area (Å²) in [5, 5.41) is 0. The van der Waals surface area contributed by atoms with Crippen LogP contribution in [0.25, 0.3) is 0 Å². The summed E-state index contributed by atoms with van der Waals surface area (Å²) in [6.07, 6.45) is 5.39. The first-order valence-corrected chi connectivity index (χ1v) is 4.15. The fourth-order valence-corrected chi connectivity index (χ4v) is 1.37. The van der Waals surface area contributed by atoms with Crippen LogP contribution in [0.5, 0.6) is 0 Å². The van der Waals surface area contributed by atoms with E-state index in [0.29, 0.717) is 0 Å². The first-order valence-electron chi connectivity index (χ1n) is 4.15. The van der Waals surface area contributed by atoms with Crippen molar-refractivity contribution in [3.63, 3.8) is 0 Å². The van der Waals surface area contributed by atoms with Crippen LogP contribution in [-0.2, 0) is 0 Å². The Bertz CT molecular complexity index is 203. The average Bonchev–Trinajstić information content (AvgIpc) is 1.95. The number of rotatable bonds is 1. The van der Waals surface area contributed by atoms with E-state index >= 15 is 0 Å². The number of allylic oxidation sites excluding steroid dienone is 1. The Balaban J connectivity index is 2.71. The van der Waals surface area contributed by atoms with Crippen molar-refractivity contribution in [2.24, 2.45) is 5.73 Å². The third-order valence-corrected chi connectivity index (χ3v) is 2.63. The molecule has 1 aliphatic rings. The molecule has 11 heavy (non-hydrogen) atoms. The second-order valence-corrected chi connectivity index (χ2v) is 3.69. The lowest BCUT2D eigenvalue weighted by Gasteiger charge is -2.32. The summed E-state index contributed by atoms with van der Waals surface area (Å²) in [4.78, 5) is 0. The summed E-state index contributed by atoms with van der Waals surface area (Å²) < 4.78 is 0. The van der Waals surface area contributed by atoms with E-state index in [4.69, 9.17) is 5.73 Å². The largest absolute Gasteiger partial charge is 0.321 e. The van der Waals surface area contributed by atoms with Crippen LogP contribution in [-0.4, -0.2) is 5.54 Å². The van der Waals surface area contributed by atoms with Gasteiger partial charge in [0.05, 0.1) is 0 Å². The molecule has 1 unspecified atom stereocenters. The van der Waals surface area contributed by atoms with E-state index in [0.717, 1.165) is 24.8 Å². The maximum absolute atomic E-state index is 6.12. The van der Waals surface area contributed by atoms with Gasteiger partial charge in [-0.3, -0.25) is 0 Å². The molecule has 0 saturated heterocycles. The van der Waals surface area contributed by atoms with Crippen LogP contribution in [0.1, 0.15) is 33.1 Å². The normalized spacial score (nSPS) is 31.4. The molecule has 0 saturated carbocycles. The van der Waals surface area contributed by atoms with Crippen LogP contribution in [0, 0.1) is 0 Å². The Morgan fingerprint density at radius 3 is 2.73 bits per heavy atom. The van der Waals surface area contributed by atoms with Crippen LogP contribution < -0.4 is 5.73 Å². The molecule has 0 aromatic rings. The molecule has 1 heteroatoms. The minimum Gasteiger partial charge on any atom is -0.321 e. The monoisotopic (exact) mass is 151 g/mol. The molecule has 1 nitrogen and oxygen atoms in total. The lowest BCUT2D eigenvalue weighted by Crippen LogP contribution is -2.41. The maximum Gasteiger partial charge on any atom is 0.0401 e. The van der Waals surface area contributed by atoms with E-state index in [1.54, 1.807) is 0 Å². The highest BCUT2D eigenvalue weighted by Gasteiger charge is 2.26. The maximum atomic E-state index is 6.12. The van der Waals surface area contributed by atoms with Crippen molar-refractivity contribution in [2.45, 2.75) is 38.6 Å². The van der Waals surface area contributed by atoms with E-state index in [1.807, 2.05) is 6.92 Å². The van der Waals surface area contributed by atoms with Crippen molar-refractivity contribution in [2.75, 3.05) is 0 Å². The molecule has 0 spiro atoms. The first-order chi connectivity index (χ1) is 5.04. The second-order valence-electron chi connectivity index (χ2n) is 3.69. The predicted octanol–water partition coefficient (Wildman–Crippen LogP) is 2.39. The molecule has 2 N–H and O–H groups in total. The number of nitrogens with two attached hydrogens (primary N) is 1. The lowest BCUT2D eigenvalue weighted by molar-refractivity contribution is 0.445. The van der Waals surface area contributed by atoms with Gasteiger partial charge in [-0.05, 0) is 33.1 Å². The Kier molecular flexibility index (Phi) is 2.19.